The van der Waals surface area contributed by atoms with Gasteiger partial charge in [0.25, 0.3) is 0 Å². The predicted octanol–water partition coefficient (Wildman–Crippen LogP) is 4.44. The summed E-state index contributed by atoms with van der Waals surface area (Å²) in [5, 5.41) is 12.4. The minimum atomic E-state index is 0.0602. The first-order chi connectivity index (χ1) is 14.7. The topological polar surface area (TPSA) is 101 Å². The van der Waals surface area contributed by atoms with E-state index in [0.29, 0.717) is 23.6 Å². The van der Waals surface area contributed by atoms with Crippen molar-refractivity contribution >= 4 is 17.5 Å². The van der Waals surface area contributed by atoms with Gasteiger partial charge in [-0.2, -0.15) is 5.26 Å². The fraction of sp³-hybridized carbons (Fsp3) is 0.0833. The molecule has 3 heterocycles. The molecule has 0 aliphatic rings. The summed E-state index contributed by atoms with van der Waals surface area (Å²) in [6, 6.07) is 23.3. The molecule has 3 aromatic heterocycles. The lowest BCUT2D eigenvalue weighted by Crippen LogP contribution is -2.09. The maximum atomic E-state index is 9.12. The van der Waals surface area contributed by atoms with Crippen molar-refractivity contribution < 1.29 is 0 Å². The molecule has 6 heteroatoms. The van der Waals surface area contributed by atoms with Crippen molar-refractivity contribution in [2.75, 3.05) is 11.1 Å². The van der Waals surface area contributed by atoms with Gasteiger partial charge in [-0.3, -0.25) is 4.98 Å². The quantitative estimate of drug-likeness (QED) is 0.503. The highest BCUT2D eigenvalue weighted by atomic mass is 15.1. The van der Waals surface area contributed by atoms with Crippen LogP contribution in [0.3, 0.4) is 0 Å². The number of nitrogens with one attached hydrogen (secondary N) is 1. The van der Waals surface area contributed by atoms with Gasteiger partial charge in [-0.15, -0.1) is 0 Å². The number of hydrogen-bond donors (Lipinski definition) is 2. The number of nitrogens with zero attached hydrogens (tertiary/aromatic N) is 4. The highest BCUT2D eigenvalue weighted by molar-refractivity contribution is 5.58. The molecular weight excluding hydrogens is 372 g/mol. The smallest absolute Gasteiger partial charge is 0.134 e. The monoisotopic (exact) mass is 392 g/mol. The van der Waals surface area contributed by atoms with E-state index < -0.39 is 0 Å². The van der Waals surface area contributed by atoms with Gasteiger partial charge in [0, 0.05) is 24.5 Å². The molecule has 3 N–H and O–H groups in total. The highest BCUT2D eigenvalue weighted by Gasteiger charge is 2.18. The fourth-order valence-corrected chi connectivity index (χ4v) is 3.38. The Morgan fingerprint density at radius 2 is 1.77 bits per heavy atom. The van der Waals surface area contributed by atoms with Crippen LogP contribution in [0.25, 0.3) is 0 Å². The van der Waals surface area contributed by atoms with Crippen LogP contribution < -0.4 is 11.1 Å². The number of hydrogen-bond acceptors (Lipinski definition) is 6. The number of anilines is 3. The second-order valence-electron chi connectivity index (χ2n) is 6.86. The average molecular weight is 392 g/mol. The first-order valence-electron chi connectivity index (χ1n) is 9.56. The van der Waals surface area contributed by atoms with Crippen LogP contribution in [0.4, 0.5) is 17.5 Å². The summed E-state index contributed by atoms with van der Waals surface area (Å²) in [5.74, 6) is 1.89. The van der Waals surface area contributed by atoms with Gasteiger partial charge in [-0.25, -0.2) is 9.97 Å². The summed E-state index contributed by atoms with van der Waals surface area (Å²) in [7, 11) is 0. The second-order valence-corrected chi connectivity index (χ2v) is 6.86. The predicted molar refractivity (Wildman–Crippen MR) is 117 cm³/mol. The second kappa shape index (κ2) is 8.84. The van der Waals surface area contributed by atoms with Gasteiger partial charge in [0.2, 0.25) is 0 Å². The molecule has 0 bridgehead atoms. The molecule has 0 fully saturated rings. The molecule has 0 aliphatic heterocycles. The fourth-order valence-electron chi connectivity index (χ4n) is 3.38. The molecule has 0 radical (unpaired) electrons. The molecule has 1 aromatic carbocycles. The first kappa shape index (κ1) is 19.1. The van der Waals surface area contributed by atoms with Crippen molar-refractivity contribution in [3.63, 3.8) is 0 Å². The largest absolute Gasteiger partial charge is 0.384 e. The Kier molecular flexibility index (Phi) is 5.63. The Morgan fingerprint density at radius 1 is 0.933 bits per heavy atom. The Bertz CT molecular complexity index is 1170. The van der Waals surface area contributed by atoms with Gasteiger partial charge in [0.15, 0.2) is 0 Å². The van der Waals surface area contributed by atoms with Crippen molar-refractivity contribution in [1.82, 2.24) is 15.0 Å². The molecule has 1 atom stereocenters. The van der Waals surface area contributed by atoms with E-state index in [0.717, 1.165) is 22.5 Å². The first-order valence-corrected chi connectivity index (χ1v) is 9.56. The summed E-state index contributed by atoms with van der Waals surface area (Å²) < 4.78 is 0. The minimum Gasteiger partial charge on any atom is -0.384 e. The van der Waals surface area contributed by atoms with Crippen LogP contribution in [-0.2, 0) is 6.42 Å². The lowest BCUT2D eigenvalue weighted by atomic mass is 9.86. The van der Waals surface area contributed by atoms with Crippen LogP contribution in [0.2, 0.25) is 0 Å². The van der Waals surface area contributed by atoms with E-state index in [9.17, 15) is 0 Å². The van der Waals surface area contributed by atoms with E-state index in [-0.39, 0.29) is 5.92 Å². The van der Waals surface area contributed by atoms with Gasteiger partial charge in [0.05, 0.1) is 11.6 Å². The Balaban J connectivity index is 1.69. The molecule has 0 saturated carbocycles. The molecule has 1 unspecified atom stereocenters. The molecule has 146 valence electrons. The molecule has 4 rings (SSSR count). The standard InChI is InChI=1S/C24H20N6/c25-15-17-8-10-18(11-9-17)21(20-5-2-12-27-16-20)14-19-4-3-13-28-24(19)30-23-7-1-6-22(26)29-23/h1-13,16,21H,14H2,(H3,26,28,29,30). The number of nitrogens with two attached hydrogens (primary N) is 1. The zero-order valence-corrected chi connectivity index (χ0v) is 16.2. The van der Waals surface area contributed by atoms with Gasteiger partial charge in [-0.1, -0.05) is 30.3 Å². The number of nitriles is 1. The maximum Gasteiger partial charge on any atom is 0.134 e. The van der Waals surface area contributed by atoms with Gasteiger partial charge in [-0.05, 0) is 59.5 Å². The lowest BCUT2D eigenvalue weighted by Gasteiger charge is -2.20. The van der Waals surface area contributed by atoms with Crippen molar-refractivity contribution in [1.29, 1.82) is 5.26 Å². The average Bonchev–Trinajstić information content (AvgIpc) is 2.79. The number of aromatic nitrogens is 3. The van der Waals surface area contributed by atoms with E-state index in [1.807, 2.05) is 54.7 Å². The van der Waals surface area contributed by atoms with Crippen LogP contribution in [0.1, 0.15) is 28.2 Å². The SMILES string of the molecule is N#Cc1ccc(C(Cc2cccnc2Nc2cccc(N)n2)c2cccnc2)cc1. The molecule has 0 amide bonds. The van der Waals surface area contributed by atoms with E-state index in [1.54, 1.807) is 18.5 Å². The van der Waals surface area contributed by atoms with Crippen molar-refractivity contribution in [3.05, 3.63) is 108 Å². The Hall–Kier alpha value is -4.24. The molecule has 0 aliphatic carbocycles. The summed E-state index contributed by atoms with van der Waals surface area (Å²) >= 11 is 0. The van der Waals surface area contributed by atoms with Crippen molar-refractivity contribution in [2.45, 2.75) is 12.3 Å². The Labute approximate surface area is 175 Å². The van der Waals surface area contributed by atoms with Crippen molar-refractivity contribution in [2.24, 2.45) is 0 Å². The summed E-state index contributed by atoms with van der Waals surface area (Å²) in [6.07, 6.45) is 6.10. The number of nitrogen functional groups attached to an aromatic ring is 1. The van der Waals surface area contributed by atoms with Crippen LogP contribution in [-0.4, -0.2) is 15.0 Å². The van der Waals surface area contributed by atoms with E-state index in [2.05, 4.69) is 38.5 Å². The maximum absolute atomic E-state index is 9.12. The zero-order valence-electron chi connectivity index (χ0n) is 16.2. The van der Waals surface area contributed by atoms with Gasteiger partial charge >= 0.3 is 0 Å². The van der Waals surface area contributed by atoms with E-state index in [1.165, 1.54) is 0 Å². The molecule has 0 spiro atoms. The molecule has 0 saturated heterocycles. The summed E-state index contributed by atoms with van der Waals surface area (Å²) in [4.78, 5) is 13.1. The lowest BCUT2D eigenvalue weighted by molar-refractivity contribution is 0.797. The van der Waals surface area contributed by atoms with Crippen LogP contribution in [0.15, 0.2) is 85.3 Å². The van der Waals surface area contributed by atoms with Crippen LogP contribution >= 0.6 is 0 Å². The van der Waals surface area contributed by atoms with Crippen LogP contribution in [0.5, 0.6) is 0 Å². The third-order valence-electron chi connectivity index (χ3n) is 4.86. The summed E-state index contributed by atoms with van der Waals surface area (Å²) in [6.45, 7) is 0. The third kappa shape index (κ3) is 4.42. The summed E-state index contributed by atoms with van der Waals surface area (Å²) in [5.41, 5.74) is 9.69. The van der Waals surface area contributed by atoms with Crippen LogP contribution in [0, 0.1) is 11.3 Å². The molecule has 4 aromatic rings. The molecular formula is C24H20N6. The molecule has 6 nitrogen and oxygen atoms in total. The molecule has 30 heavy (non-hydrogen) atoms. The number of rotatable bonds is 6. The zero-order chi connectivity index (χ0) is 20.8. The Morgan fingerprint density at radius 3 is 2.50 bits per heavy atom. The minimum absolute atomic E-state index is 0.0602. The highest BCUT2D eigenvalue weighted by Crippen LogP contribution is 2.31. The van der Waals surface area contributed by atoms with E-state index >= 15 is 0 Å². The van der Waals surface area contributed by atoms with Gasteiger partial charge < -0.3 is 11.1 Å². The van der Waals surface area contributed by atoms with Crippen molar-refractivity contribution in [3.8, 4) is 6.07 Å². The van der Waals surface area contributed by atoms with Gasteiger partial charge in [0.1, 0.15) is 17.5 Å². The number of benzene rings is 1. The van der Waals surface area contributed by atoms with E-state index in [4.69, 9.17) is 11.0 Å². The third-order valence-corrected chi connectivity index (χ3v) is 4.86. The number of pyridine rings is 3. The normalized spacial score (nSPS) is 11.4.